The van der Waals surface area contributed by atoms with E-state index in [1.807, 2.05) is 7.05 Å². The Hall–Kier alpha value is 0.491. The summed E-state index contributed by atoms with van der Waals surface area (Å²) in [5.41, 5.74) is 0. The first-order valence-electron chi connectivity index (χ1n) is 6.59. The first-order valence-corrected chi connectivity index (χ1v) is 15.6. The average molecular weight is 309 g/mol. The van der Waals surface area contributed by atoms with Gasteiger partial charge in [0.15, 0.2) is 16.6 Å². The van der Waals surface area contributed by atoms with Gasteiger partial charge in [-0.05, 0) is 60.4 Å². The van der Waals surface area contributed by atoms with Crippen LogP contribution in [0, 0.1) is 0 Å². The molecule has 0 fully saturated rings. The summed E-state index contributed by atoms with van der Waals surface area (Å²) in [6.45, 7) is 13.4. The van der Waals surface area contributed by atoms with Gasteiger partial charge in [-0.25, -0.2) is 0 Å². The summed E-state index contributed by atoms with van der Waals surface area (Å²) in [7, 11) is 0.867. The van der Waals surface area contributed by atoms with Crippen LogP contribution in [-0.2, 0) is 8.23 Å². The zero-order valence-corrected chi connectivity index (χ0v) is 16.7. The molecule has 0 unspecified atom stereocenters. The van der Waals surface area contributed by atoms with Crippen LogP contribution in [0.4, 0.5) is 0 Å². The van der Waals surface area contributed by atoms with Crippen LogP contribution in [0.1, 0.15) is 0 Å². The van der Waals surface area contributed by atoms with E-state index in [4.69, 9.17) is 8.23 Å². The van der Waals surface area contributed by atoms with Crippen LogP contribution >= 0.6 is 0 Å². The summed E-state index contributed by atoms with van der Waals surface area (Å²) >= 11 is 0. The van der Waals surface area contributed by atoms with E-state index in [1.54, 1.807) is 0 Å². The molecular formula is C11H32N2O2Si3. The van der Waals surface area contributed by atoms with Gasteiger partial charge in [-0.15, -0.1) is 0 Å². The maximum absolute atomic E-state index is 6.44. The fourth-order valence-corrected chi connectivity index (χ4v) is 16.7. The summed E-state index contributed by atoms with van der Waals surface area (Å²) in [6, 6.07) is 0. The summed E-state index contributed by atoms with van der Waals surface area (Å²) in [5.74, 6) is 0. The third-order valence-electron chi connectivity index (χ3n) is 2.34. The van der Waals surface area contributed by atoms with Gasteiger partial charge in [0.05, 0.1) is 0 Å². The van der Waals surface area contributed by atoms with E-state index in [-0.39, 0.29) is 0 Å². The second-order valence-corrected chi connectivity index (χ2v) is 19.0. The van der Waals surface area contributed by atoms with Crippen molar-refractivity contribution in [1.82, 2.24) is 10.2 Å². The van der Waals surface area contributed by atoms with Crippen LogP contribution in [0.15, 0.2) is 0 Å². The molecule has 0 amide bonds. The Morgan fingerprint density at radius 3 is 1.72 bits per heavy atom. The van der Waals surface area contributed by atoms with Crippen LogP contribution in [0.3, 0.4) is 0 Å². The quantitative estimate of drug-likeness (QED) is 0.695. The van der Waals surface area contributed by atoms with Gasteiger partial charge in [0.25, 0.3) is 0 Å². The molecule has 0 saturated carbocycles. The lowest BCUT2D eigenvalue weighted by atomic mass is 11.0. The molecule has 4 nitrogen and oxygen atoms in total. The number of nitrogens with zero attached hydrogens (tertiary/aromatic N) is 1. The fraction of sp³-hybridized carbons (Fsp3) is 1.00. The first-order chi connectivity index (χ1) is 7.89. The number of hydrogen-bond acceptors (Lipinski definition) is 4. The van der Waals surface area contributed by atoms with Crippen LogP contribution in [0.25, 0.3) is 0 Å². The third-order valence-corrected chi connectivity index (χ3v) is 13.3. The molecule has 0 aromatic carbocycles. The highest BCUT2D eigenvalue weighted by Gasteiger charge is 2.39. The van der Waals surface area contributed by atoms with E-state index >= 15 is 0 Å². The minimum Gasteiger partial charge on any atom is -0.435 e. The van der Waals surface area contributed by atoms with Gasteiger partial charge in [0, 0.05) is 12.3 Å². The Kier molecular flexibility index (Phi) is 6.96. The van der Waals surface area contributed by atoms with Crippen molar-refractivity contribution < 1.29 is 8.23 Å². The van der Waals surface area contributed by atoms with Gasteiger partial charge in [0.2, 0.25) is 0 Å². The summed E-state index contributed by atoms with van der Waals surface area (Å²) < 4.78 is 12.8. The summed E-state index contributed by atoms with van der Waals surface area (Å²) in [5, 5.41) is 3.23. The topological polar surface area (TPSA) is 33.7 Å². The first kappa shape index (κ1) is 18.5. The molecular weight excluding hydrogens is 276 g/mol. The highest BCUT2D eigenvalue weighted by Crippen LogP contribution is 2.20. The highest BCUT2D eigenvalue weighted by molar-refractivity contribution is 6.87. The molecule has 0 aliphatic carbocycles. The Bertz CT molecular complexity index is 259. The standard InChI is InChI=1S/C11H32N2O2Si3/c1-12-10-16(4,5)14-18(8,9)15-17(6,7)11-13(2)3/h12H,10-11H2,1-9H3. The van der Waals surface area contributed by atoms with Gasteiger partial charge in [0.1, 0.15) is 0 Å². The van der Waals surface area contributed by atoms with Crippen LogP contribution < -0.4 is 5.32 Å². The van der Waals surface area contributed by atoms with Crippen molar-refractivity contribution in [1.29, 1.82) is 0 Å². The molecule has 110 valence electrons. The normalized spacial score (nSPS) is 14.3. The third kappa shape index (κ3) is 8.57. The molecule has 1 N–H and O–H groups in total. The largest absolute Gasteiger partial charge is 0.435 e. The molecule has 0 aliphatic heterocycles. The van der Waals surface area contributed by atoms with Gasteiger partial charge in [-0.2, -0.15) is 0 Å². The van der Waals surface area contributed by atoms with Gasteiger partial charge < -0.3 is 18.4 Å². The summed E-state index contributed by atoms with van der Waals surface area (Å²) in [4.78, 5) is 2.22. The van der Waals surface area contributed by atoms with E-state index in [2.05, 4.69) is 63.6 Å². The molecule has 0 atom stereocenters. The molecule has 0 radical (unpaired) electrons. The maximum atomic E-state index is 6.44. The summed E-state index contributed by atoms with van der Waals surface area (Å²) in [6.07, 6.45) is 2.02. The van der Waals surface area contributed by atoms with Gasteiger partial charge in [-0.3, -0.25) is 0 Å². The molecule has 18 heavy (non-hydrogen) atoms. The molecule has 0 saturated heterocycles. The Labute approximate surface area is 117 Å². The Morgan fingerprint density at radius 1 is 0.889 bits per heavy atom. The number of hydrogen-bond donors (Lipinski definition) is 1. The predicted molar refractivity (Wildman–Crippen MR) is 87.1 cm³/mol. The SMILES string of the molecule is CNC[Si](C)(C)O[Si](C)(C)O[Si](C)(C)CN(C)C. The lowest BCUT2D eigenvalue weighted by Crippen LogP contribution is -2.57. The molecule has 0 spiro atoms. The van der Waals surface area contributed by atoms with E-state index < -0.39 is 25.2 Å². The minimum absolute atomic E-state index is 0.975. The van der Waals surface area contributed by atoms with Gasteiger partial charge in [-0.1, -0.05) is 0 Å². The van der Waals surface area contributed by atoms with Crippen molar-refractivity contribution in [2.45, 2.75) is 39.3 Å². The molecule has 7 heteroatoms. The Balaban J connectivity index is 4.55. The van der Waals surface area contributed by atoms with Crippen molar-refractivity contribution in [3.63, 3.8) is 0 Å². The van der Waals surface area contributed by atoms with Crippen LogP contribution in [0.5, 0.6) is 0 Å². The van der Waals surface area contributed by atoms with E-state index in [9.17, 15) is 0 Å². The second kappa shape index (κ2) is 6.78. The molecule has 0 aromatic heterocycles. The second-order valence-electron chi connectivity index (χ2n) is 6.89. The van der Waals surface area contributed by atoms with Crippen molar-refractivity contribution in [3.8, 4) is 0 Å². The lowest BCUT2D eigenvalue weighted by molar-refractivity contribution is 0.366. The predicted octanol–water partition coefficient (Wildman–Crippen LogP) is 1.99. The molecule has 0 aliphatic rings. The number of nitrogens with one attached hydrogen (secondary N) is 1. The molecule has 0 aromatic rings. The van der Waals surface area contributed by atoms with Crippen molar-refractivity contribution in [3.05, 3.63) is 0 Å². The van der Waals surface area contributed by atoms with E-state index in [0.29, 0.717) is 0 Å². The minimum atomic E-state index is -2.02. The molecule has 0 bridgehead atoms. The van der Waals surface area contributed by atoms with Gasteiger partial charge >= 0.3 is 8.56 Å². The van der Waals surface area contributed by atoms with E-state index in [1.165, 1.54) is 0 Å². The lowest BCUT2D eigenvalue weighted by Gasteiger charge is -2.39. The van der Waals surface area contributed by atoms with Crippen molar-refractivity contribution in [2.24, 2.45) is 0 Å². The maximum Gasteiger partial charge on any atom is 0.311 e. The monoisotopic (exact) mass is 308 g/mol. The number of rotatable bonds is 8. The molecule has 0 heterocycles. The zero-order chi connectivity index (χ0) is 14.6. The Morgan fingerprint density at radius 2 is 1.33 bits per heavy atom. The molecule has 0 rings (SSSR count). The van der Waals surface area contributed by atoms with Crippen molar-refractivity contribution >= 4 is 25.2 Å². The van der Waals surface area contributed by atoms with E-state index in [0.717, 1.165) is 12.3 Å². The van der Waals surface area contributed by atoms with Crippen LogP contribution in [-0.4, -0.2) is 63.6 Å². The van der Waals surface area contributed by atoms with Crippen molar-refractivity contribution in [2.75, 3.05) is 33.5 Å². The average Bonchev–Trinajstić information content (AvgIpc) is 1.93. The highest BCUT2D eigenvalue weighted by atomic mass is 28.5. The smallest absolute Gasteiger partial charge is 0.311 e. The zero-order valence-electron chi connectivity index (χ0n) is 13.7. The fourth-order valence-electron chi connectivity index (χ4n) is 2.61. The van der Waals surface area contributed by atoms with Crippen LogP contribution in [0.2, 0.25) is 39.3 Å².